The lowest BCUT2D eigenvalue weighted by molar-refractivity contribution is 0.0982. The Morgan fingerprint density at radius 1 is 1.00 bits per heavy atom. The number of carbonyl (C=O) groups is 1. The first kappa shape index (κ1) is 24.3. The van der Waals surface area contributed by atoms with Crippen LogP contribution in [-0.2, 0) is 16.6 Å². The van der Waals surface area contributed by atoms with Crippen molar-refractivity contribution in [2.24, 2.45) is 0 Å². The second kappa shape index (κ2) is 10.2. The van der Waals surface area contributed by atoms with Crippen LogP contribution in [0.1, 0.15) is 15.2 Å². The molecule has 2 N–H and O–H groups in total. The van der Waals surface area contributed by atoms with Crippen LogP contribution in [0.5, 0.6) is 0 Å². The summed E-state index contributed by atoms with van der Waals surface area (Å²) < 4.78 is 28.0. The second-order valence-electron chi connectivity index (χ2n) is 7.42. The molecule has 0 unspecified atom stereocenters. The molecular weight excluding hydrogens is 510 g/mol. The first-order valence-corrected chi connectivity index (χ1v) is 13.2. The minimum absolute atomic E-state index is 0.0790. The van der Waals surface area contributed by atoms with E-state index >= 15 is 0 Å². The number of fused-ring (bicyclic) bond motifs is 1. The molecule has 10 heteroatoms. The molecule has 0 saturated heterocycles. The van der Waals surface area contributed by atoms with Gasteiger partial charge in [-0.25, -0.2) is 8.42 Å². The molecule has 0 fully saturated rings. The minimum Gasteiger partial charge on any atom is -0.332 e. The van der Waals surface area contributed by atoms with Crippen molar-refractivity contribution in [1.29, 1.82) is 0 Å². The first-order chi connectivity index (χ1) is 16.3. The van der Waals surface area contributed by atoms with Crippen LogP contribution in [0.25, 0.3) is 10.1 Å². The van der Waals surface area contributed by atoms with E-state index in [1.165, 1.54) is 34.8 Å². The number of thiocarbonyl (C=S) groups is 1. The molecule has 0 radical (unpaired) electrons. The zero-order valence-electron chi connectivity index (χ0n) is 18.0. The smallest absolute Gasteiger partial charge is 0.269 e. The molecule has 4 rings (SSSR count). The van der Waals surface area contributed by atoms with Gasteiger partial charge in [-0.05, 0) is 48.1 Å². The Bertz CT molecular complexity index is 1450. The van der Waals surface area contributed by atoms with Crippen LogP contribution in [0.2, 0.25) is 5.02 Å². The number of rotatable bonds is 6. The van der Waals surface area contributed by atoms with Crippen molar-refractivity contribution in [3.63, 3.8) is 0 Å². The number of benzene rings is 3. The predicted octanol–water partition coefficient (Wildman–Crippen LogP) is 5.50. The van der Waals surface area contributed by atoms with Crippen molar-refractivity contribution in [1.82, 2.24) is 9.62 Å². The SMILES string of the molecule is CN(Cc1ccccc1)S(=O)(=O)c1ccc(NC(=S)NC(=O)c2sc3ccccc3c2Cl)cc1. The minimum atomic E-state index is -3.67. The second-order valence-corrected chi connectivity index (χ2v) is 11.3. The van der Waals surface area contributed by atoms with Gasteiger partial charge in [0, 0.05) is 29.4 Å². The molecule has 3 aromatic carbocycles. The van der Waals surface area contributed by atoms with E-state index in [1.807, 2.05) is 54.6 Å². The fraction of sp³-hybridized carbons (Fsp3) is 0.0833. The summed E-state index contributed by atoms with van der Waals surface area (Å²) in [7, 11) is -2.13. The topological polar surface area (TPSA) is 78.5 Å². The van der Waals surface area contributed by atoms with Gasteiger partial charge in [-0.1, -0.05) is 60.1 Å². The number of nitrogens with one attached hydrogen (secondary N) is 2. The zero-order chi connectivity index (χ0) is 24.3. The van der Waals surface area contributed by atoms with Gasteiger partial charge in [-0.15, -0.1) is 11.3 Å². The highest BCUT2D eigenvalue weighted by atomic mass is 35.5. The van der Waals surface area contributed by atoms with Crippen molar-refractivity contribution in [3.05, 3.63) is 94.3 Å². The van der Waals surface area contributed by atoms with Crippen LogP contribution < -0.4 is 10.6 Å². The molecule has 34 heavy (non-hydrogen) atoms. The van der Waals surface area contributed by atoms with Crippen molar-refractivity contribution < 1.29 is 13.2 Å². The van der Waals surface area contributed by atoms with Crippen LogP contribution in [-0.4, -0.2) is 30.8 Å². The lowest BCUT2D eigenvalue weighted by Gasteiger charge is -2.17. The van der Waals surface area contributed by atoms with E-state index in [4.69, 9.17) is 23.8 Å². The summed E-state index contributed by atoms with van der Waals surface area (Å²) in [5.41, 5.74) is 1.43. The Labute approximate surface area is 212 Å². The van der Waals surface area contributed by atoms with Gasteiger partial charge in [0.25, 0.3) is 5.91 Å². The molecular formula is C24H20ClN3O3S3. The summed E-state index contributed by atoms with van der Waals surface area (Å²) in [6.07, 6.45) is 0. The highest BCUT2D eigenvalue weighted by Gasteiger charge is 2.21. The van der Waals surface area contributed by atoms with Crippen LogP contribution in [0.3, 0.4) is 0 Å². The first-order valence-electron chi connectivity index (χ1n) is 10.2. The Hall–Kier alpha value is -2.82. The fourth-order valence-corrected chi connectivity index (χ4v) is 6.08. The van der Waals surface area contributed by atoms with Gasteiger partial charge < -0.3 is 5.32 Å². The molecule has 1 aromatic heterocycles. The van der Waals surface area contributed by atoms with Gasteiger partial charge in [0.1, 0.15) is 4.88 Å². The maximum atomic E-state index is 12.9. The molecule has 6 nitrogen and oxygen atoms in total. The maximum absolute atomic E-state index is 12.9. The largest absolute Gasteiger partial charge is 0.332 e. The van der Waals surface area contributed by atoms with Crippen LogP contribution in [0.4, 0.5) is 5.69 Å². The number of carbonyl (C=O) groups excluding carboxylic acids is 1. The number of halogens is 1. The van der Waals surface area contributed by atoms with Crippen LogP contribution in [0, 0.1) is 0 Å². The molecule has 174 valence electrons. The van der Waals surface area contributed by atoms with Crippen molar-refractivity contribution >= 4 is 72.0 Å². The Morgan fingerprint density at radius 3 is 2.32 bits per heavy atom. The average molecular weight is 530 g/mol. The molecule has 4 aromatic rings. The monoisotopic (exact) mass is 529 g/mol. The van der Waals surface area contributed by atoms with E-state index in [0.29, 0.717) is 15.6 Å². The molecule has 0 saturated carbocycles. The van der Waals surface area contributed by atoms with Crippen molar-refractivity contribution in [3.8, 4) is 0 Å². The summed E-state index contributed by atoms with van der Waals surface area (Å²) in [6, 6.07) is 23.0. The van der Waals surface area contributed by atoms with Gasteiger partial charge in [0.15, 0.2) is 5.11 Å². The predicted molar refractivity (Wildman–Crippen MR) is 142 cm³/mol. The number of amides is 1. The Kier molecular flexibility index (Phi) is 7.30. The molecule has 0 bridgehead atoms. The standard InChI is InChI=1S/C24H20ClN3O3S3/c1-28(15-16-7-3-2-4-8-16)34(30,31)18-13-11-17(12-14-18)26-24(32)27-23(29)22-21(25)19-9-5-6-10-20(19)33-22/h2-14H,15H2,1H3,(H2,26,27,29,32). The van der Waals surface area contributed by atoms with E-state index in [0.717, 1.165) is 15.6 Å². The fourth-order valence-electron chi connectivity index (χ4n) is 3.30. The maximum Gasteiger partial charge on any atom is 0.269 e. The van der Waals surface area contributed by atoms with Crippen molar-refractivity contribution in [2.75, 3.05) is 12.4 Å². The highest BCUT2D eigenvalue weighted by molar-refractivity contribution is 7.89. The van der Waals surface area contributed by atoms with E-state index in [-0.39, 0.29) is 16.6 Å². The van der Waals surface area contributed by atoms with E-state index in [1.54, 1.807) is 12.1 Å². The van der Waals surface area contributed by atoms with Gasteiger partial charge in [-0.2, -0.15) is 4.31 Å². The van der Waals surface area contributed by atoms with E-state index in [9.17, 15) is 13.2 Å². The van der Waals surface area contributed by atoms with Crippen LogP contribution in [0.15, 0.2) is 83.8 Å². The summed E-state index contributed by atoms with van der Waals surface area (Å²) in [6.45, 7) is 0.263. The number of thiophene rings is 1. The number of hydrogen-bond acceptors (Lipinski definition) is 5. The van der Waals surface area contributed by atoms with Crippen molar-refractivity contribution in [2.45, 2.75) is 11.4 Å². The normalized spacial score (nSPS) is 11.5. The average Bonchev–Trinajstić information content (AvgIpc) is 3.17. The molecule has 1 heterocycles. The lowest BCUT2D eigenvalue weighted by Crippen LogP contribution is -2.33. The molecule has 0 aliphatic carbocycles. The third-order valence-corrected chi connectivity index (χ3v) is 8.73. The highest BCUT2D eigenvalue weighted by Crippen LogP contribution is 2.35. The number of nitrogens with zero attached hydrogens (tertiary/aromatic N) is 1. The van der Waals surface area contributed by atoms with Gasteiger partial charge in [0.2, 0.25) is 10.0 Å². The Morgan fingerprint density at radius 2 is 1.65 bits per heavy atom. The summed E-state index contributed by atoms with van der Waals surface area (Å²) in [4.78, 5) is 13.2. The lowest BCUT2D eigenvalue weighted by atomic mass is 10.2. The molecule has 0 spiro atoms. The number of hydrogen-bond donors (Lipinski definition) is 2. The van der Waals surface area contributed by atoms with E-state index in [2.05, 4.69) is 10.6 Å². The third kappa shape index (κ3) is 5.29. The summed E-state index contributed by atoms with van der Waals surface area (Å²) in [5, 5.41) is 6.79. The molecule has 0 aliphatic heterocycles. The quantitative estimate of drug-likeness (QED) is 0.322. The van der Waals surface area contributed by atoms with Crippen LogP contribution >= 0.6 is 35.2 Å². The summed E-state index contributed by atoms with van der Waals surface area (Å²) >= 11 is 12.9. The van der Waals surface area contributed by atoms with E-state index < -0.39 is 15.9 Å². The molecule has 0 atom stereocenters. The zero-order valence-corrected chi connectivity index (χ0v) is 21.2. The van der Waals surface area contributed by atoms with Gasteiger partial charge >= 0.3 is 0 Å². The Balaban J connectivity index is 1.40. The number of sulfonamides is 1. The van der Waals surface area contributed by atoms with Gasteiger partial charge in [0.05, 0.1) is 9.92 Å². The third-order valence-electron chi connectivity index (χ3n) is 5.04. The summed E-state index contributed by atoms with van der Waals surface area (Å²) in [5.74, 6) is -0.412. The molecule has 0 aliphatic rings. The molecule has 1 amide bonds. The number of anilines is 1. The van der Waals surface area contributed by atoms with Gasteiger partial charge in [-0.3, -0.25) is 10.1 Å².